The monoisotopic (exact) mass is 408 g/mol. The molecule has 1 aromatic heterocycles. The summed E-state index contributed by atoms with van der Waals surface area (Å²) in [6, 6.07) is 12.1. The number of carboxylic acid groups (broad SMARTS) is 1. The van der Waals surface area contributed by atoms with E-state index < -0.39 is 18.6 Å². The molecule has 1 aliphatic rings. The fourth-order valence-corrected chi connectivity index (χ4v) is 3.49. The van der Waals surface area contributed by atoms with Gasteiger partial charge in [0, 0.05) is 0 Å². The molecule has 1 heterocycles. The van der Waals surface area contributed by atoms with Crippen molar-refractivity contribution in [3.63, 3.8) is 0 Å². The number of ether oxygens (including phenoxy) is 1. The molecule has 1 aromatic carbocycles. The zero-order valence-electron chi connectivity index (χ0n) is 16.0. The van der Waals surface area contributed by atoms with Crippen LogP contribution in [0.1, 0.15) is 36.9 Å². The maximum Gasteiger partial charge on any atom is 0.394 e. The highest BCUT2D eigenvalue weighted by atomic mass is 19.4. The van der Waals surface area contributed by atoms with Gasteiger partial charge in [-0.1, -0.05) is 25.1 Å². The largest absolute Gasteiger partial charge is 0.492 e. The van der Waals surface area contributed by atoms with Crippen LogP contribution in [0.25, 0.3) is 0 Å². The van der Waals surface area contributed by atoms with E-state index in [9.17, 15) is 18.0 Å². The Morgan fingerprint density at radius 3 is 2.66 bits per heavy atom. The molecule has 8 heteroatoms. The fraction of sp³-hybridized carbons (Fsp3) is 0.429. The summed E-state index contributed by atoms with van der Waals surface area (Å²) >= 11 is 0. The van der Waals surface area contributed by atoms with Crippen LogP contribution in [0.4, 0.5) is 19.0 Å². The highest BCUT2D eigenvalue weighted by Gasteiger charge is 2.51. The molecule has 0 amide bonds. The zero-order valence-corrected chi connectivity index (χ0v) is 16.0. The maximum atomic E-state index is 12.4. The van der Waals surface area contributed by atoms with Gasteiger partial charge >= 0.3 is 12.1 Å². The van der Waals surface area contributed by atoms with E-state index in [0.717, 1.165) is 12.0 Å². The number of carboxylic acids is 1. The third-order valence-corrected chi connectivity index (χ3v) is 5.05. The van der Waals surface area contributed by atoms with Crippen LogP contribution < -0.4 is 10.1 Å². The normalized spacial score (nSPS) is 20.9. The molecule has 29 heavy (non-hydrogen) atoms. The number of halogens is 3. The molecule has 0 radical (unpaired) electrons. The quantitative estimate of drug-likeness (QED) is 0.591. The number of nitrogens with zero attached hydrogens (tertiary/aromatic N) is 1. The Kier molecular flexibility index (Phi) is 6.00. The number of hydrogen-bond acceptors (Lipinski definition) is 4. The average molecular weight is 408 g/mol. The molecule has 2 atom stereocenters. The first-order valence-electron chi connectivity index (χ1n) is 9.36. The molecule has 0 aliphatic heterocycles. The predicted octanol–water partition coefficient (Wildman–Crippen LogP) is 4.65. The van der Waals surface area contributed by atoms with Gasteiger partial charge < -0.3 is 15.2 Å². The van der Waals surface area contributed by atoms with Gasteiger partial charge in [0.1, 0.15) is 18.2 Å². The van der Waals surface area contributed by atoms with Crippen molar-refractivity contribution in [3.05, 3.63) is 53.7 Å². The summed E-state index contributed by atoms with van der Waals surface area (Å²) < 4.78 is 43.0. The Morgan fingerprint density at radius 1 is 1.28 bits per heavy atom. The molecule has 0 saturated heterocycles. The van der Waals surface area contributed by atoms with Crippen LogP contribution in [0.5, 0.6) is 5.75 Å². The molecule has 0 bridgehead atoms. The lowest BCUT2D eigenvalue weighted by Gasteiger charge is -2.11. The van der Waals surface area contributed by atoms with E-state index in [-0.39, 0.29) is 23.4 Å². The molecule has 1 fully saturated rings. The van der Waals surface area contributed by atoms with E-state index in [1.807, 2.05) is 31.2 Å². The van der Waals surface area contributed by atoms with E-state index >= 15 is 0 Å². The smallest absolute Gasteiger partial charge is 0.394 e. The van der Waals surface area contributed by atoms with E-state index in [4.69, 9.17) is 9.84 Å². The van der Waals surface area contributed by atoms with Crippen molar-refractivity contribution in [2.75, 3.05) is 18.5 Å². The zero-order chi connectivity index (χ0) is 21.1. The molecule has 2 N–H and O–H groups in total. The Balaban J connectivity index is 1.44. The molecule has 0 spiro atoms. The average Bonchev–Trinajstić information content (AvgIpc) is 3.28. The van der Waals surface area contributed by atoms with Gasteiger partial charge in [-0.15, -0.1) is 0 Å². The minimum atomic E-state index is -4.29. The van der Waals surface area contributed by atoms with Crippen molar-refractivity contribution >= 4 is 11.8 Å². The summed E-state index contributed by atoms with van der Waals surface area (Å²) in [6.45, 7) is 2.70. The standard InChI is InChI=1S/C21H23F3N2O3/c1-20(13-19(27)28)12-17(20)14-5-7-16(8-6-14)29-10-9-25-18-4-2-3-15(26-18)11-21(22,23)24/h2-8,17H,9-13H2,1H3,(H,25,26)(H,27,28). The highest BCUT2D eigenvalue weighted by Crippen LogP contribution is 2.61. The first kappa shape index (κ1) is 21.0. The second-order valence-corrected chi connectivity index (χ2v) is 7.63. The van der Waals surface area contributed by atoms with Gasteiger partial charge in [0.2, 0.25) is 0 Å². The molecule has 1 aliphatic carbocycles. The van der Waals surface area contributed by atoms with Gasteiger partial charge in [-0.3, -0.25) is 4.79 Å². The van der Waals surface area contributed by atoms with Crippen molar-refractivity contribution in [1.29, 1.82) is 0 Å². The van der Waals surface area contributed by atoms with Crippen LogP contribution >= 0.6 is 0 Å². The second kappa shape index (κ2) is 8.31. The first-order valence-corrected chi connectivity index (χ1v) is 9.36. The summed E-state index contributed by atoms with van der Waals surface area (Å²) in [5.41, 5.74) is 0.894. The van der Waals surface area contributed by atoms with Crippen LogP contribution in [0, 0.1) is 5.41 Å². The lowest BCUT2D eigenvalue weighted by atomic mass is 9.98. The van der Waals surface area contributed by atoms with Gasteiger partial charge in [-0.2, -0.15) is 13.2 Å². The fourth-order valence-electron chi connectivity index (χ4n) is 3.49. The number of hydrogen-bond donors (Lipinski definition) is 2. The Bertz CT molecular complexity index is 855. The van der Waals surface area contributed by atoms with Gasteiger partial charge in [0.15, 0.2) is 0 Å². The minimum Gasteiger partial charge on any atom is -0.492 e. The van der Waals surface area contributed by atoms with Crippen LogP contribution in [-0.2, 0) is 11.2 Å². The summed E-state index contributed by atoms with van der Waals surface area (Å²) in [4.78, 5) is 14.9. The van der Waals surface area contributed by atoms with E-state index in [1.54, 1.807) is 6.07 Å². The van der Waals surface area contributed by atoms with Crippen LogP contribution in [-0.4, -0.2) is 35.4 Å². The van der Waals surface area contributed by atoms with Gasteiger partial charge in [-0.05, 0) is 47.6 Å². The Labute approximate surface area is 166 Å². The Morgan fingerprint density at radius 2 is 2.00 bits per heavy atom. The summed E-state index contributed by atoms with van der Waals surface area (Å²) in [5, 5.41) is 11.9. The summed E-state index contributed by atoms with van der Waals surface area (Å²) in [6.07, 6.45) is -4.31. The van der Waals surface area contributed by atoms with Crippen LogP contribution in [0.15, 0.2) is 42.5 Å². The number of alkyl halides is 3. The van der Waals surface area contributed by atoms with Gasteiger partial charge in [0.05, 0.1) is 25.1 Å². The molecule has 1 saturated carbocycles. The lowest BCUT2D eigenvalue weighted by molar-refractivity contribution is -0.138. The van der Waals surface area contributed by atoms with Crippen molar-refractivity contribution in [1.82, 2.24) is 4.98 Å². The number of anilines is 1. The van der Waals surface area contributed by atoms with Crippen molar-refractivity contribution in [2.45, 2.75) is 38.3 Å². The third kappa shape index (κ3) is 6.10. The van der Waals surface area contributed by atoms with Crippen molar-refractivity contribution in [2.24, 2.45) is 5.41 Å². The second-order valence-electron chi connectivity index (χ2n) is 7.63. The topological polar surface area (TPSA) is 71.5 Å². The van der Waals surface area contributed by atoms with Crippen LogP contribution in [0.2, 0.25) is 0 Å². The van der Waals surface area contributed by atoms with E-state index in [1.165, 1.54) is 12.1 Å². The van der Waals surface area contributed by atoms with E-state index in [0.29, 0.717) is 24.7 Å². The van der Waals surface area contributed by atoms with Crippen molar-refractivity contribution in [3.8, 4) is 5.75 Å². The SMILES string of the molecule is CC1(CC(=O)O)CC1c1ccc(OCCNc2cccc(CC(F)(F)F)n2)cc1. The van der Waals surface area contributed by atoms with Crippen molar-refractivity contribution < 1.29 is 27.8 Å². The number of aromatic nitrogens is 1. The molecular formula is C21H23F3N2O3. The number of nitrogens with one attached hydrogen (secondary N) is 1. The summed E-state index contributed by atoms with van der Waals surface area (Å²) in [5.74, 6) is 0.525. The number of carbonyl (C=O) groups is 1. The summed E-state index contributed by atoms with van der Waals surface area (Å²) in [7, 11) is 0. The number of aliphatic carboxylic acids is 1. The number of rotatable bonds is 9. The molecular weight excluding hydrogens is 385 g/mol. The molecule has 2 aromatic rings. The predicted molar refractivity (Wildman–Crippen MR) is 102 cm³/mol. The molecule has 5 nitrogen and oxygen atoms in total. The molecule has 3 rings (SSSR count). The Hall–Kier alpha value is -2.77. The number of pyridine rings is 1. The third-order valence-electron chi connectivity index (χ3n) is 5.05. The maximum absolute atomic E-state index is 12.4. The highest BCUT2D eigenvalue weighted by molar-refractivity contribution is 5.68. The van der Waals surface area contributed by atoms with Gasteiger partial charge in [0.25, 0.3) is 0 Å². The molecule has 2 unspecified atom stereocenters. The van der Waals surface area contributed by atoms with Crippen LogP contribution in [0.3, 0.4) is 0 Å². The number of benzene rings is 1. The van der Waals surface area contributed by atoms with E-state index in [2.05, 4.69) is 10.3 Å². The van der Waals surface area contributed by atoms with Gasteiger partial charge in [-0.25, -0.2) is 4.98 Å². The minimum absolute atomic E-state index is 0.0334. The first-order chi connectivity index (χ1) is 13.6. The molecule has 156 valence electrons. The lowest BCUT2D eigenvalue weighted by Crippen LogP contribution is -2.15.